The van der Waals surface area contributed by atoms with Gasteiger partial charge in [0.15, 0.2) is 0 Å². The van der Waals surface area contributed by atoms with E-state index in [-0.39, 0.29) is 6.04 Å². The smallest absolute Gasteiger partial charge is 0.243 e. The van der Waals surface area contributed by atoms with Gasteiger partial charge < -0.3 is 4.74 Å². The van der Waals surface area contributed by atoms with Crippen LogP contribution in [-0.4, -0.2) is 30.9 Å². The molecular weight excluding hydrogens is 312 g/mol. The third kappa shape index (κ3) is 3.38. The second kappa shape index (κ2) is 6.29. The van der Waals surface area contributed by atoms with E-state index in [2.05, 4.69) is 4.98 Å². The zero-order valence-electron chi connectivity index (χ0n) is 13.3. The normalized spacial score (nSPS) is 14.9. The zero-order valence-corrected chi connectivity index (χ0v) is 14.1. The summed E-state index contributed by atoms with van der Waals surface area (Å²) in [5, 5.41) is 0. The minimum Gasteiger partial charge on any atom is -0.497 e. The molecule has 6 heteroatoms. The Labute approximate surface area is 137 Å². The molecule has 3 rings (SSSR count). The molecule has 1 aliphatic carbocycles. The number of nitrogens with zero attached hydrogens (tertiary/aromatic N) is 2. The summed E-state index contributed by atoms with van der Waals surface area (Å²) in [6.07, 6.45) is 5.22. The lowest BCUT2D eigenvalue weighted by molar-refractivity contribution is 0.397. The predicted octanol–water partition coefficient (Wildman–Crippen LogP) is 2.75. The van der Waals surface area contributed by atoms with Crippen LogP contribution >= 0.6 is 0 Å². The molecule has 0 radical (unpaired) electrons. The van der Waals surface area contributed by atoms with Gasteiger partial charge in [-0.1, -0.05) is 6.07 Å². The van der Waals surface area contributed by atoms with Gasteiger partial charge in [-0.2, -0.15) is 4.31 Å². The highest BCUT2D eigenvalue weighted by atomic mass is 32.2. The lowest BCUT2D eigenvalue weighted by Crippen LogP contribution is -2.33. The molecule has 0 amide bonds. The molecule has 0 unspecified atom stereocenters. The molecule has 5 nitrogen and oxygen atoms in total. The first-order valence-corrected chi connectivity index (χ1v) is 9.02. The van der Waals surface area contributed by atoms with Crippen molar-refractivity contribution in [2.75, 3.05) is 7.11 Å². The number of hydrogen-bond acceptors (Lipinski definition) is 4. The highest BCUT2D eigenvalue weighted by Gasteiger charge is 2.38. The summed E-state index contributed by atoms with van der Waals surface area (Å²) >= 11 is 0. The summed E-state index contributed by atoms with van der Waals surface area (Å²) in [6, 6.07) is 8.88. The lowest BCUT2D eigenvalue weighted by atomic mass is 10.2. The molecule has 1 aliphatic rings. The maximum atomic E-state index is 13.1. The summed E-state index contributed by atoms with van der Waals surface area (Å²) in [5.41, 5.74) is 1.59. The molecule has 1 aromatic heterocycles. The van der Waals surface area contributed by atoms with Gasteiger partial charge in [0.2, 0.25) is 10.0 Å². The summed E-state index contributed by atoms with van der Waals surface area (Å²) in [5.74, 6) is 0.659. The van der Waals surface area contributed by atoms with E-state index in [1.54, 1.807) is 48.9 Å². The predicted molar refractivity (Wildman–Crippen MR) is 87.7 cm³/mol. The van der Waals surface area contributed by atoms with Crippen molar-refractivity contribution in [2.24, 2.45) is 0 Å². The van der Waals surface area contributed by atoms with E-state index in [1.165, 1.54) is 0 Å². The molecule has 0 saturated heterocycles. The Bertz CT molecular complexity index is 787. The van der Waals surface area contributed by atoms with E-state index in [0.29, 0.717) is 22.8 Å². The average Bonchev–Trinajstić information content (AvgIpc) is 3.37. The van der Waals surface area contributed by atoms with Gasteiger partial charge in [-0.25, -0.2) is 8.42 Å². The van der Waals surface area contributed by atoms with E-state index < -0.39 is 10.0 Å². The topological polar surface area (TPSA) is 59.5 Å². The van der Waals surface area contributed by atoms with Crippen molar-refractivity contribution in [3.8, 4) is 5.75 Å². The fourth-order valence-electron chi connectivity index (χ4n) is 2.61. The Kier molecular flexibility index (Phi) is 4.37. The van der Waals surface area contributed by atoms with Gasteiger partial charge in [0, 0.05) is 25.0 Å². The van der Waals surface area contributed by atoms with Crippen LogP contribution in [0.25, 0.3) is 0 Å². The van der Waals surface area contributed by atoms with Crippen LogP contribution in [0.5, 0.6) is 5.75 Å². The fourth-order valence-corrected chi connectivity index (χ4v) is 4.49. The SMILES string of the molecule is COc1ccc(S(=O)(=O)N(Cc2cccnc2)C2CC2)c(C)c1. The second-order valence-electron chi connectivity index (χ2n) is 5.77. The summed E-state index contributed by atoms with van der Waals surface area (Å²) < 4.78 is 33.0. The van der Waals surface area contributed by atoms with Crippen LogP contribution in [0.15, 0.2) is 47.6 Å². The maximum absolute atomic E-state index is 13.1. The highest BCUT2D eigenvalue weighted by molar-refractivity contribution is 7.89. The number of pyridine rings is 1. The number of methoxy groups -OCH3 is 1. The van der Waals surface area contributed by atoms with Crippen molar-refractivity contribution in [1.29, 1.82) is 0 Å². The molecule has 1 fully saturated rings. The van der Waals surface area contributed by atoms with E-state index in [1.807, 2.05) is 12.1 Å². The number of rotatable bonds is 6. The first-order valence-electron chi connectivity index (χ1n) is 7.58. The Hall–Kier alpha value is -1.92. The third-order valence-electron chi connectivity index (χ3n) is 3.98. The Morgan fingerprint density at radius 1 is 1.30 bits per heavy atom. The van der Waals surface area contributed by atoms with Gasteiger partial charge in [-0.3, -0.25) is 4.98 Å². The van der Waals surface area contributed by atoms with E-state index in [0.717, 1.165) is 18.4 Å². The fraction of sp³-hybridized carbons (Fsp3) is 0.353. The summed E-state index contributed by atoms with van der Waals surface area (Å²) in [4.78, 5) is 4.42. The molecule has 122 valence electrons. The lowest BCUT2D eigenvalue weighted by Gasteiger charge is -2.23. The van der Waals surface area contributed by atoms with Gasteiger partial charge in [0.25, 0.3) is 0 Å². The van der Waals surface area contributed by atoms with Crippen molar-refractivity contribution in [2.45, 2.75) is 37.2 Å². The minimum absolute atomic E-state index is 0.0849. The van der Waals surface area contributed by atoms with Crippen LogP contribution in [0, 0.1) is 6.92 Å². The Balaban J connectivity index is 1.95. The van der Waals surface area contributed by atoms with Crippen LogP contribution in [0.2, 0.25) is 0 Å². The molecule has 0 atom stereocenters. The van der Waals surface area contributed by atoms with E-state index >= 15 is 0 Å². The number of aryl methyl sites for hydroxylation is 1. The average molecular weight is 332 g/mol. The second-order valence-corrected chi connectivity index (χ2v) is 7.63. The summed E-state index contributed by atoms with van der Waals surface area (Å²) in [7, 11) is -1.97. The van der Waals surface area contributed by atoms with Gasteiger partial charge in [0.1, 0.15) is 5.75 Å². The molecular formula is C17H20N2O3S. The number of ether oxygens (including phenoxy) is 1. The van der Waals surface area contributed by atoms with Crippen molar-refractivity contribution in [1.82, 2.24) is 9.29 Å². The Morgan fingerprint density at radius 3 is 2.65 bits per heavy atom. The molecule has 0 N–H and O–H groups in total. The minimum atomic E-state index is -3.54. The van der Waals surface area contributed by atoms with Crippen LogP contribution in [-0.2, 0) is 16.6 Å². The summed E-state index contributed by atoms with van der Waals surface area (Å²) in [6.45, 7) is 2.15. The molecule has 1 heterocycles. The molecule has 2 aromatic rings. The van der Waals surface area contributed by atoms with Crippen LogP contribution in [0.1, 0.15) is 24.0 Å². The van der Waals surface area contributed by atoms with Gasteiger partial charge in [-0.05, 0) is 55.2 Å². The maximum Gasteiger partial charge on any atom is 0.243 e. The standard InChI is InChI=1S/C17H20N2O3S/c1-13-10-16(22-2)7-8-17(13)23(20,21)19(15-5-6-15)12-14-4-3-9-18-11-14/h3-4,7-11,15H,5-6,12H2,1-2H3. The highest BCUT2D eigenvalue weighted by Crippen LogP contribution is 2.34. The van der Waals surface area contributed by atoms with Crippen molar-refractivity contribution < 1.29 is 13.2 Å². The molecule has 0 aliphatic heterocycles. The van der Waals surface area contributed by atoms with Crippen molar-refractivity contribution in [3.63, 3.8) is 0 Å². The quantitative estimate of drug-likeness (QED) is 0.816. The number of benzene rings is 1. The Morgan fingerprint density at radius 2 is 2.09 bits per heavy atom. The monoisotopic (exact) mass is 332 g/mol. The van der Waals surface area contributed by atoms with Crippen LogP contribution < -0.4 is 4.74 Å². The molecule has 0 spiro atoms. The largest absolute Gasteiger partial charge is 0.497 e. The van der Waals surface area contributed by atoms with E-state index in [4.69, 9.17) is 4.74 Å². The van der Waals surface area contributed by atoms with Gasteiger partial charge in [-0.15, -0.1) is 0 Å². The third-order valence-corrected chi connectivity index (χ3v) is 6.04. The zero-order chi connectivity index (χ0) is 16.4. The number of aromatic nitrogens is 1. The van der Waals surface area contributed by atoms with Crippen molar-refractivity contribution >= 4 is 10.0 Å². The van der Waals surface area contributed by atoms with Crippen molar-refractivity contribution in [3.05, 3.63) is 53.9 Å². The van der Waals surface area contributed by atoms with Crippen LogP contribution in [0.4, 0.5) is 0 Å². The van der Waals surface area contributed by atoms with Crippen LogP contribution in [0.3, 0.4) is 0 Å². The first kappa shape index (κ1) is 16.0. The van der Waals surface area contributed by atoms with E-state index in [9.17, 15) is 8.42 Å². The van der Waals surface area contributed by atoms with Gasteiger partial charge in [0.05, 0.1) is 12.0 Å². The molecule has 1 saturated carbocycles. The molecule has 0 bridgehead atoms. The molecule has 1 aromatic carbocycles. The number of hydrogen-bond donors (Lipinski definition) is 0. The number of sulfonamides is 1. The van der Waals surface area contributed by atoms with Gasteiger partial charge >= 0.3 is 0 Å². The molecule has 23 heavy (non-hydrogen) atoms. The first-order chi connectivity index (χ1) is 11.0.